The van der Waals surface area contributed by atoms with E-state index in [0.717, 1.165) is 0 Å². The van der Waals surface area contributed by atoms with Crippen LogP contribution >= 0.6 is 0 Å². The topological polar surface area (TPSA) is 66.0 Å². The van der Waals surface area contributed by atoms with Gasteiger partial charge in [-0.1, -0.05) is 0 Å². The van der Waals surface area contributed by atoms with Crippen LogP contribution in [-0.4, -0.2) is 0 Å². The molecular weight excluding hydrogens is 488 g/mol. The molecule has 5 heteroatoms. The fourth-order valence-electron chi connectivity index (χ4n) is 4.69. The molecule has 2 aliphatic carbocycles. The summed E-state index contributed by atoms with van der Waals surface area (Å²) >= 11 is -4.47. The monoisotopic (exact) mass is 512 g/mol. The Hall–Kier alpha value is -3.14. The zero-order chi connectivity index (χ0) is 23.7. The maximum atomic E-state index is 9.47. The van der Waals surface area contributed by atoms with E-state index in [1.165, 1.54) is 11.1 Å². The van der Waals surface area contributed by atoms with E-state index in [0.29, 0.717) is 22.6 Å². The molecule has 0 spiro atoms. The van der Waals surface area contributed by atoms with E-state index < -0.39 is 27.4 Å². The van der Waals surface area contributed by atoms with Crippen LogP contribution in [0.5, 0.6) is 11.5 Å². The molecule has 164 valence electrons. The molecule has 4 nitrogen and oxygen atoms in total. The van der Waals surface area contributed by atoms with Crippen molar-refractivity contribution in [1.29, 1.82) is 10.5 Å². The van der Waals surface area contributed by atoms with Gasteiger partial charge in [0.1, 0.15) is 0 Å². The van der Waals surface area contributed by atoms with Gasteiger partial charge in [0, 0.05) is 0 Å². The zero-order valence-electron chi connectivity index (χ0n) is 19.3. The summed E-state index contributed by atoms with van der Waals surface area (Å²) in [6.45, 7) is 8.64. The Balaban J connectivity index is 1.99. The fraction of sp³-hybridized carbons (Fsp3) is 0.214. The van der Waals surface area contributed by atoms with Crippen LogP contribution in [0, 0.1) is 22.7 Å². The third kappa shape index (κ3) is 3.72. The van der Waals surface area contributed by atoms with E-state index in [4.69, 9.17) is 5.63 Å². The van der Waals surface area contributed by atoms with Gasteiger partial charge in [0.2, 0.25) is 0 Å². The summed E-state index contributed by atoms with van der Waals surface area (Å²) in [7, 11) is 0. The van der Waals surface area contributed by atoms with E-state index in [2.05, 4.69) is 76.3 Å². The number of hydrogen-bond acceptors (Lipinski definition) is 4. The van der Waals surface area contributed by atoms with Gasteiger partial charge in [-0.2, -0.15) is 0 Å². The van der Waals surface area contributed by atoms with Crippen molar-refractivity contribution in [3.8, 4) is 23.6 Å². The number of allylic oxidation sites excluding steroid dienone is 8. The van der Waals surface area contributed by atoms with Crippen LogP contribution < -0.4 is 5.63 Å². The first-order valence-corrected chi connectivity index (χ1v) is 15.4. The van der Waals surface area contributed by atoms with Crippen molar-refractivity contribution < 1.29 is 26.8 Å². The van der Waals surface area contributed by atoms with Gasteiger partial charge >= 0.3 is 202 Å². The molecule has 2 aromatic rings. The Labute approximate surface area is 201 Å². The van der Waals surface area contributed by atoms with Crippen LogP contribution in [0.2, 0.25) is 6.25 Å². The second-order valence-electron chi connectivity index (χ2n) is 8.92. The first-order chi connectivity index (χ1) is 15.8. The molecule has 0 bridgehead atoms. The number of hydrogen-bond donors (Lipinski definition) is 0. The average molecular weight is 514 g/mol. The predicted molar refractivity (Wildman–Crippen MR) is 126 cm³/mol. The molecule has 2 unspecified atom stereocenters. The normalized spacial score (nSPS) is 23.5. The van der Waals surface area contributed by atoms with Gasteiger partial charge in [-0.25, -0.2) is 0 Å². The number of nitrogens with zero attached hydrogens (tertiary/aromatic N) is 2. The molecule has 0 N–H and O–H groups in total. The van der Waals surface area contributed by atoms with Crippen molar-refractivity contribution >= 4 is 0 Å². The van der Waals surface area contributed by atoms with Gasteiger partial charge in [0.25, 0.3) is 0 Å². The van der Waals surface area contributed by atoms with Crippen LogP contribution in [-0.2, 0) is 21.1 Å². The summed E-state index contributed by atoms with van der Waals surface area (Å²) in [4.78, 5) is 0. The standard InChI is InChI=1S/2C7H5NO.2C7H9.Zr/c2*8-5-6-2-1-3-7(9)4-6;2*1-6-4-3-5-7(6)2;/h2*1-4,9H;2*3-5H,1-2H3;/q;;;;+2/p-2. The average Bonchev–Trinajstić information content (AvgIpc) is 3.35. The maximum absolute atomic E-state index is 9.47. The molecule has 0 saturated carbocycles. The zero-order valence-corrected chi connectivity index (χ0v) is 21.8. The van der Waals surface area contributed by atoms with Crippen molar-refractivity contribution in [3.63, 3.8) is 0 Å². The van der Waals surface area contributed by atoms with Crippen LogP contribution in [0.4, 0.5) is 0 Å². The summed E-state index contributed by atoms with van der Waals surface area (Å²) in [5.41, 5.74) is 3.44. The van der Waals surface area contributed by atoms with E-state index in [-0.39, 0.29) is 0 Å². The van der Waals surface area contributed by atoms with Crippen molar-refractivity contribution in [1.82, 2.24) is 0 Å². The molecule has 4 rings (SSSR count). The Morgan fingerprint density at radius 2 is 1.15 bits per heavy atom. The molecule has 0 amide bonds. The Morgan fingerprint density at radius 1 is 0.727 bits per heavy atom. The number of benzene rings is 2. The molecule has 0 heterocycles. The van der Waals surface area contributed by atoms with E-state index in [9.17, 15) is 10.5 Å². The summed E-state index contributed by atoms with van der Waals surface area (Å²) in [6, 6.07) is 19.0. The molecule has 2 aromatic carbocycles. The molecular formula is C28H26N2O2Zr. The van der Waals surface area contributed by atoms with Gasteiger partial charge in [-0.05, 0) is 0 Å². The van der Waals surface area contributed by atoms with Crippen molar-refractivity contribution in [2.24, 2.45) is 0 Å². The second kappa shape index (κ2) is 8.66. The minimum atomic E-state index is -4.47. The van der Waals surface area contributed by atoms with Crippen LogP contribution in [0.15, 0.2) is 96.1 Å². The van der Waals surface area contributed by atoms with E-state index in [1.54, 1.807) is 24.3 Å². The Morgan fingerprint density at radius 3 is 1.48 bits per heavy atom. The van der Waals surface area contributed by atoms with Crippen molar-refractivity contribution in [2.45, 2.75) is 33.9 Å². The molecule has 0 aromatic heterocycles. The molecule has 0 saturated heterocycles. The van der Waals surface area contributed by atoms with Gasteiger partial charge < -0.3 is 0 Å². The van der Waals surface area contributed by atoms with Gasteiger partial charge in [-0.15, -0.1) is 0 Å². The molecule has 0 aliphatic heterocycles. The first-order valence-electron chi connectivity index (χ1n) is 10.9. The number of rotatable bonds is 6. The quantitative estimate of drug-likeness (QED) is 0.408. The molecule has 0 fully saturated rings. The molecule has 33 heavy (non-hydrogen) atoms. The Bertz CT molecular complexity index is 1210. The second-order valence-corrected chi connectivity index (χ2v) is 18.1. The van der Waals surface area contributed by atoms with E-state index >= 15 is 0 Å². The summed E-state index contributed by atoms with van der Waals surface area (Å²) in [5.74, 6) is 1.26. The van der Waals surface area contributed by atoms with Crippen molar-refractivity contribution in [2.75, 3.05) is 0 Å². The predicted octanol–water partition coefficient (Wildman–Crippen LogP) is 7.26. The van der Waals surface area contributed by atoms with Crippen LogP contribution in [0.25, 0.3) is 0 Å². The molecule has 2 atom stereocenters. The fourth-order valence-corrected chi connectivity index (χ4v) is 16.3. The SMILES string of the molecule is CC1=CC=C[C]1(C)[Zr]([O]c1cccc(C#N)c1)([O]c1cccc(C#N)c1)[C]1(C)C=CC=C1C. The van der Waals surface area contributed by atoms with Gasteiger partial charge in [0.05, 0.1) is 0 Å². The Kier molecular flexibility index (Phi) is 6.05. The first kappa shape index (κ1) is 23.0. The summed E-state index contributed by atoms with van der Waals surface area (Å²) < 4.78 is 13.3. The van der Waals surface area contributed by atoms with Crippen LogP contribution in [0.1, 0.15) is 38.8 Å². The van der Waals surface area contributed by atoms with Gasteiger partial charge in [-0.3, -0.25) is 0 Å². The van der Waals surface area contributed by atoms with Crippen LogP contribution in [0.3, 0.4) is 0 Å². The minimum absolute atomic E-state index is 0.446. The summed E-state index contributed by atoms with van der Waals surface area (Å²) in [6.07, 6.45) is 12.8. The van der Waals surface area contributed by atoms with E-state index in [1.807, 2.05) is 24.3 Å². The number of nitriles is 2. The van der Waals surface area contributed by atoms with Crippen molar-refractivity contribution in [3.05, 3.63) is 107 Å². The molecule has 0 radical (unpaired) electrons. The third-order valence-electron chi connectivity index (χ3n) is 7.01. The van der Waals surface area contributed by atoms with Gasteiger partial charge in [0.15, 0.2) is 0 Å². The third-order valence-corrected chi connectivity index (χ3v) is 19.1. The summed E-state index contributed by atoms with van der Waals surface area (Å²) in [5, 5.41) is 18.9. The molecule has 2 aliphatic rings.